The van der Waals surface area contributed by atoms with Gasteiger partial charge in [0.25, 0.3) is 0 Å². The quantitative estimate of drug-likeness (QED) is 0.428. The molecule has 31 heavy (non-hydrogen) atoms. The van der Waals surface area contributed by atoms with Gasteiger partial charge < -0.3 is 14.4 Å². The third-order valence-electron chi connectivity index (χ3n) is 4.51. The molecule has 0 bridgehead atoms. The molecule has 10 heteroatoms. The molecule has 3 rings (SSSR count). The van der Waals surface area contributed by atoms with Crippen LogP contribution in [0.25, 0.3) is 0 Å². The van der Waals surface area contributed by atoms with E-state index < -0.39 is 0 Å². The molecule has 1 atom stereocenters. The van der Waals surface area contributed by atoms with Crippen molar-refractivity contribution in [1.82, 2.24) is 25.1 Å². The van der Waals surface area contributed by atoms with Crippen molar-refractivity contribution in [2.24, 2.45) is 0 Å². The van der Waals surface area contributed by atoms with Crippen molar-refractivity contribution in [3.63, 3.8) is 0 Å². The minimum atomic E-state index is -0.346. The van der Waals surface area contributed by atoms with Crippen LogP contribution < -0.4 is 9.47 Å². The predicted molar refractivity (Wildman–Crippen MR) is 120 cm³/mol. The van der Waals surface area contributed by atoms with Crippen LogP contribution >= 0.6 is 23.4 Å². The van der Waals surface area contributed by atoms with E-state index in [1.54, 1.807) is 48.0 Å². The first-order chi connectivity index (χ1) is 15.0. The Morgan fingerprint density at radius 2 is 1.84 bits per heavy atom. The lowest BCUT2D eigenvalue weighted by Crippen LogP contribution is -2.36. The number of amides is 1. The van der Waals surface area contributed by atoms with E-state index in [0.717, 1.165) is 11.3 Å². The number of carbonyl (C=O) groups is 1. The second-order valence-corrected chi connectivity index (χ2v) is 8.53. The average molecular weight is 462 g/mol. The van der Waals surface area contributed by atoms with Crippen molar-refractivity contribution in [2.75, 3.05) is 27.3 Å². The number of likely N-dealkylation sites (N-methyl/N-ethyl adjacent to an activating group) is 1. The Hall–Kier alpha value is -2.78. The monoisotopic (exact) mass is 461 g/mol. The van der Waals surface area contributed by atoms with Gasteiger partial charge in [0, 0.05) is 12.1 Å². The number of hydrogen-bond donors (Lipinski definition) is 0. The SMILES string of the molecule is COc1ccc(Cn2nnnc2SC(C)C(=O)N(C)CCOc2ccc(Cl)cc2)cc1. The molecule has 1 heterocycles. The summed E-state index contributed by atoms with van der Waals surface area (Å²) in [6.07, 6.45) is 0. The summed E-state index contributed by atoms with van der Waals surface area (Å²) < 4.78 is 12.5. The van der Waals surface area contributed by atoms with Crippen LogP contribution in [0.2, 0.25) is 5.02 Å². The molecule has 0 fully saturated rings. The minimum Gasteiger partial charge on any atom is -0.497 e. The number of halogens is 1. The zero-order valence-corrected chi connectivity index (χ0v) is 19.1. The summed E-state index contributed by atoms with van der Waals surface area (Å²) in [5.41, 5.74) is 1.03. The highest BCUT2D eigenvalue weighted by Gasteiger charge is 2.21. The fraction of sp³-hybridized carbons (Fsp3) is 0.333. The van der Waals surface area contributed by atoms with Gasteiger partial charge in [0.05, 0.1) is 25.4 Å². The van der Waals surface area contributed by atoms with Gasteiger partial charge in [0.1, 0.15) is 18.1 Å². The maximum atomic E-state index is 12.7. The summed E-state index contributed by atoms with van der Waals surface area (Å²) in [4.78, 5) is 14.4. The van der Waals surface area contributed by atoms with Crippen molar-refractivity contribution in [1.29, 1.82) is 0 Å². The van der Waals surface area contributed by atoms with Gasteiger partial charge in [0.2, 0.25) is 11.1 Å². The highest BCUT2D eigenvalue weighted by molar-refractivity contribution is 8.00. The molecule has 2 aromatic carbocycles. The summed E-state index contributed by atoms with van der Waals surface area (Å²) in [6.45, 7) is 3.20. The van der Waals surface area contributed by atoms with E-state index in [1.165, 1.54) is 11.8 Å². The molecule has 0 radical (unpaired) electrons. The summed E-state index contributed by atoms with van der Waals surface area (Å²) in [7, 11) is 3.38. The maximum absolute atomic E-state index is 12.7. The Balaban J connectivity index is 1.50. The molecule has 3 aromatic rings. The fourth-order valence-electron chi connectivity index (χ4n) is 2.74. The van der Waals surface area contributed by atoms with Crippen LogP contribution in [-0.2, 0) is 11.3 Å². The molecule has 164 valence electrons. The van der Waals surface area contributed by atoms with Gasteiger partial charge in [-0.15, -0.1) is 5.10 Å². The second-order valence-electron chi connectivity index (χ2n) is 6.79. The summed E-state index contributed by atoms with van der Waals surface area (Å²) in [5, 5.41) is 12.8. The lowest BCUT2D eigenvalue weighted by Gasteiger charge is -2.21. The topological polar surface area (TPSA) is 82.4 Å². The van der Waals surface area contributed by atoms with Crippen LogP contribution in [0.5, 0.6) is 11.5 Å². The molecule has 0 spiro atoms. The molecular weight excluding hydrogens is 438 g/mol. The number of rotatable bonds is 10. The molecule has 0 aliphatic rings. The van der Waals surface area contributed by atoms with Gasteiger partial charge in [-0.1, -0.05) is 35.5 Å². The largest absolute Gasteiger partial charge is 0.497 e. The Morgan fingerprint density at radius 1 is 1.16 bits per heavy atom. The molecule has 1 unspecified atom stereocenters. The smallest absolute Gasteiger partial charge is 0.235 e. The molecule has 0 N–H and O–H groups in total. The highest BCUT2D eigenvalue weighted by Crippen LogP contribution is 2.23. The predicted octanol–water partition coefficient (Wildman–Crippen LogP) is 3.40. The molecule has 0 saturated heterocycles. The Kier molecular flexibility index (Phi) is 8.13. The molecule has 0 aliphatic carbocycles. The first-order valence-corrected chi connectivity index (χ1v) is 10.9. The van der Waals surface area contributed by atoms with Crippen molar-refractivity contribution in [3.8, 4) is 11.5 Å². The van der Waals surface area contributed by atoms with Gasteiger partial charge >= 0.3 is 0 Å². The van der Waals surface area contributed by atoms with E-state index in [4.69, 9.17) is 21.1 Å². The van der Waals surface area contributed by atoms with Gasteiger partial charge in [-0.3, -0.25) is 4.79 Å². The third-order valence-corrected chi connectivity index (χ3v) is 5.82. The molecule has 1 aromatic heterocycles. The number of hydrogen-bond acceptors (Lipinski definition) is 7. The van der Waals surface area contributed by atoms with E-state index in [1.807, 2.05) is 31.2 Å². The van der Waals surface area contributed by atoms with E-state index in [2.05, 4.69) is 15.5 Å². The Labute approximate surface area is 190 Å². The van der Waals surface area contributed by atoms with E-state index in [-0.39, 0.29) is 11.2 Å². The Bertz CT molecular complexity index is 981. The Morgan fingerprint density at radius 3 is 2.52 bits per heavy atom. The number of nitrogens with zero attached hydrogens (tertiary/aromatic N) is 5. The molecule has 8 nitrogen and oxygen atoms in total. The van der Waals surface area contributed by atoms with E-state index in [9.17, 15) is 4.79 Å². The van der Waals surface area contributed by atoms with E-state index >= 15 is 0 Å². The fourth-order valence-corrected chi connectivity index (χ4v) is 3.77. The lowest BCUT2D eigenvalue weighted by molar-refractivity contribution is -0.129. The zero-order valence-electron chi connectivity index (χ0n) is 17.6. The lowest BCUT2D eigenvalue weighted by atomic mass is 10.2. The van der Waals surface area contributed by atoms with Crippen molar-refractivity contribution >= 4 is 29.3 Å². The summed E-state index contributed by atoms with van der Waals surface area (Å²) in [6, 6.07) is 14.8. The normalized spacial score (nSPS) is 11.7. The van der Waals surface area contributed by atoms with Gasteiger partial charge in [-0.05, 0) is 59.3 Å². The number of carbonyl (C=O) groups excluding carboxylic acids is 1. The number of ether oxygens (including phenoxy) is 2. The third kappa shape index (κ3) is 6.60. The molecule has 1 amide bonds. The van der Waals surface area contributed by atoms with Crippen LogP contribution in [0.3, 0.4) is 0 Å². The average Bonchev–Trinajstić information content (AvgIpc) is 3.21. The van der Waals surface area contributed by atoms with Crippen LogP contribution in [0.1, 0.15) is 12.5 Å². The minimum absolute atomic E-state index is 0.0243. The number of methoxy groups -OCH3 is 1. The summed E-state index contributed by atoms with van der Waals surface area (Å²) in [5.74, 6) is 1.48. The zero-order chi connectivity index (χ0) is 22.2. The first-order valence-electron chi connectivity index (χ1n) is 9.65. The van der Waals surface area contributed by atoms with Crippen LogP contribution in [0, 0.1) is 0 Å². The number of thioether (sulfide) groups is 1. The maximum Gasteiger partial charge on any atom is 0.235 e. The number of tetrazole rings is 1. The van der Waals surface area contributed by atoms with Crippen LogP contribution in [-0.4, -0.2) is 63.6 Å². The van der Waals surface area contributed by atoms with Crippen molar-refractivity contribution < 1.29 is 14.3 Å². The first kappa shape index (κ1) is 22.9. The molecule has 0 aliphatic heterocycles. The van der Waals surface area contributed by atoms with Crippen molar-refractivity contribution in [3.05, 3.63) is 59.1 Å². The number of benzene rings is 2. The number of aromatic nitrogens is 4. The summed E-state index contributed by atoms with van der Waals surface area (Å²) >= 11 is 7.20. The van der Waals surface area contributed by atoms with Gasteiger partial charge in [0.15, 0.2) is 0 Å². The molecular formula is C21H24ClN5O3S. The highest BCUT2D eigenvalue weighted by atomic mass is 35.5. The van der Waals surface area contributed by atoms with Crippen molar-refractivity contribution in [2.45, 2.75) is 23.9 Å². The van der Waals surface area contributed by atoms with Crippen LogP contribution in [0.15, 0.2) is 53.7 Å². The second kappa shape index (κ2) is 11.0. The standard InChI is InChI=1S/C21H24ClN5O3S/c1-15(20(28)26(2)12-13-30-19-10-6-17(22)7-11-19)31-21-23-24-25-27(21)14-16-4-8-18(29-3)9-5-16/h4-11,15H,12-14H2,1-3H3. The molecule has 0 saturated carbocycles. The van der Waals surface area contributed by atoms with Gasteiger partial charge in [-0.25, -0.2) is 4.68 Å². The van der Waals surface area contributed by atoms with Gasteiger partial charge in [-0.2, -0.15) is 0 Å². The van der Waals surface area contributed by atoms with Crippen LogP contribution in [0.4, 0.5) is 0 Å². The van der Waals surface area contributed by atoms with E-state index in [0.29, 0.717) is 35.6 Å².